The van der Waals surface area contributed by atoms with Crippen molar-refractivity contribution in [2.24, 2.45) is 23.1 Å². The van der Waals surface area contributed by atoms with Crippen LogP contribution in [0.15, 0.2) is 35.2 Å². The van der Waals surface area contributed by atoms with Crippen molar-refractivity contribution in [3.8, 4) is 5.75 Å². The molecular formula is C20H32N4O. The lowest BCUT2D eigenvalue weighted by molar-refractivity contribution is 0.435. The number of nitrogens with two attached hydrogens (primary N) is 4. The van der Waals surface area contributed by atoms with E-state index in [0.29, 0.717) is 18.1 Å². The summed E-state index contributed by atoms with van der Waals surface area (Å²) in [4.78, 5) is 0. The van der Waals surface area contributed by atoms with Crippen LogP contribution in [-0.2, 0) is 6.42 Å². The first-order valence-electron chi connectivity index (χ1n) is 9.05. The number of phenolic OH excluding ortho intramolecular Hbond substituents is 1. The van der Waals surface area contributed by atoms with Gasteiger partial charge in [-0.3, -0.25) is 0 Å². The number of allylic oxidation sites excluding steroid dienone is 3. The fourth-order valence-corrected chi connectivity index (χ4v) is 3.75. The molecule has 1 aliphatic rings. The Hall–Kier alpha value is -2.14. The minimum Gasteiger partial charge on any atom is -0.508 e. The molecule has 0 radical (unpaired) electrons. The molecule has 0 amide bonds. The maximum Gasteiger partial charge on any atom is 0.121 e. The molecule has 0 heterocycles. The summed E-state index contributed by atoms with van der Waals surface area (Å²) >= 11 is 0. The van der Waals surface area contributed by atoms with Gasteiger partial charge >= 0.3 is 0 Å². The van der Waals surface area contributed by atoms with Crippen molar-refractivity contribution in [3.05, 3.63) is 46.3 Å². The minimum atomic E-state index is -0.00561. The van der Waals surface area contributed by atoms with E-state index in [1.807, 2.05) is 19.1 Å². The number of aryl methyl sites for hydroxylation is 1. The van der Waals surface area contributed by atoms with E-state index in [0.717, 1.165) is 48.8 Å². The summed E-state index contributed by atoms with van der Waals surface area (Å²) in [6.45, 7) is 4.76. The number of phenols is 1. The van der Waals surface area contributed by atoms with Crippen molar-refractivity contribution in [1.29, 1.82) is 0 Å². The van der Waals surface area contributed by atoms with Crippen molar-refractivity contribution >= 4 is 5.69 Å². The van der Waals surface area contributed by atoms with Gasteiger partial charge in [0.25, 0.3) is 0 Å². The summed E-state index contributed by atoms with van der Waals surface area (Å²) in [5.41, 5.74) is 28.3. The van der Waals surface area contributed by atoms with Gasteiger partial charge in [0, 0.05) is 17.2 Å². The Balaban J connectivity index is 2.40. The van der Waals surface area contributed by atoms with Gasteiger partial charge in [-0.25, -0.2) is 0 Å². The van der Waals surface area contributed by atoms with E-state index >= 15 is 0 Å². The van der Waals surface area contributed by atoms with Crippen molar-refractivity contribution in [2.45, 2.75) is 51.9 Å². The summed E-state index contributed by atoms with van der Waals surface area (Å²) in [6, 6.07) is 3.81. The van der Waals surface area contributed by atoms with Crippen LogP contribution in [0.2, 0.25) is 0 Å². The Bertz CT molecular complexity index is 651. The highest BCUT2D eigenvalue weighted by Crippen LogP contribution is 2.45. The predicted molar refractivity (Wildman–Crippen MR) is 105 cm³/mol. The minimum absolute atomic E-state index is 0.00561. The van der Waals surface area contributed by atoms with Gasteiger partial charge in [-0.15, -0.1) is 0 Å². The fourth-order valence-electron chi connectivity index (χ4n) is 3.75. The molecule has 1 aromatic carbocycles. The van der Waals surface area contributed by atoms with Crippen LogP contribution >= 0.6 is 0 Å². The van der Waals surface area contributed by atoms with Gasteiger partial charge in [-0.1, -0.05) is 11.6 Å². The topological polar surface area (TPSA) is 124 Å². The van der Waals surface area contributed by atoms with Crippen LogP contribution in [0.5, 0.6) is 5.75 Å². The standard InChI is InChI=1S/C20H32N4O/c1-12-6-7-15(13(2)20(23)24)16(9-12)19-17(22)10-14(11-18(19)25)5-3-4-8-21/h9-11,15-16,25H,3-8,21-24H2,1-2H3. The van der Waals surface area contributed by atoms with Gasteiger partial charge in [0.2, 0.25) is 0 Å². The molecule has 0 saturated heterocycles. The van der Waals surface area contributed by atoms with E-state index in [1.165, 1.54) is 5.57 Å². The van der Waals surface area contributed by atoms with Gasteiger partial charge in [0.1, 0.15) is 5.75 Å². The Morgan fingerprint density at radius 1 is 1.24 bits per heavy atom. The van der Waals surface area contributed by atoms with Crippen LogP contribution in [0.1, 0.15) is 56.6 Å². The third-order valence-electron chi connectivity index (χ3n) is 5.26. The molecule has 0 aromatic heterocycles. The van der Waals surface area contributed by atoms with Gasteiger partial charge in [0.15, 0.2) is 0 Å². The van der Waals surface area contributed by atoms with Crippen LogP contribution < -0.4 is 22.9 Å². The lowest BCUT2D eigenvalue weighted by Gasteiger charge is -2.32. The zero-order valence-corrected chi connectivity index (χ0v) is 15.4. The molecule has 2 atom stereocenters. The van der Waals surface area contributed by atoms with Gasteiger partial charge in [0.05, 0.1) is 5.82 Å². The van der Waals surface area contributed by atoms with Crippen LogP contribution in [0.3, 0.4) is 0 Å². The second-order valence-electron chi connectivity index (χ2n) is 7.19. The highest BCUT2D eigenvalue weighted by atomic mass is 16.3. The normalized spacial score (nSPS) is 20.2. The molecule has 25 heavy (non-hydrogen) atoms. The number of aromatic hydroxyl groups is 1. The number of anilines is 1. The van der Waals surface area contributed by atoms with Gasteiger partial charge < -0.3 is 28.0 Å². The summed E-state index contributed by atoms with van der Waals surface area (Å²) in [5.74, 6) is 0.769. The molecular weight excluding hydrogens is 312 g/mol. The highest BCUT2D eigenvalue weighted by Gasteiger charge is 2.30. The maximum atomic E-state index is 10.7. The molecule has 0 aliphatic heterocycles. The zero-order chi connectivity index (χ0) is 18.6. The first-order valence-corrected chi connectivity index (χ1v) is 9.05. The van der Waals surface area contributed by atoms with E-state index in [1.54, 1.807) is 0 Å². The molecule has 5 heteroatoms. The molecule has 0 fully saturated rings. The monoisotopic (exact) mass is 344 g/mol. The third kappa shape index (κ3) is 4.48. The second-order valence-corrected chi connectivity index (χ2v) is 7.19. The first kappa shape index (κ1) is 19.2. The van der Waals surface area contributed by atoms with Crippen molar-refractivity contribution in [1.82, 2.24) is 0 Å². The number of nitrogen functional groups attached to an aromatic ring is 1. The molecule has 1 aromatic rings. The average Bonchev–Trinajstić information content (AvgIpc) is 2.54. The van der Waals surface area contributed by atoms with Crippen LogP contribution in [-0.4, -0.2) is 11.7 Å². The first-order chi connectivity index (χ1) is 11.8. The third-order valence-corrected chi connectivity index (χ3v) is 5.26. The molecule has 9 N–H and O–H groups in total. The largest absolute Gasteiger partial charge is 0.508 e. The lowest BCUT2D eigenvalue weighted by Crippen LogP contribution is -2.23. The Labute approximate surface area is 150 Å². The van der Waals surface area contributed by atoms with Crippen molar-refractivity contribution in [2.75, 3.05) is 12.3 Å². The summed E-state index contributed by atoms with van der Waals surface area (Å²) in [6.07, 6.45) is 6.98. The summed E-state index contributed by atoms with van der Waals surface area (Å²) in [5, 5.41) is 10.7. The van der Waals surface area contributed by atoms with Crippen molar-refractivity contribution < 1.29 is 5.11 Å². The fraction of sp³-hybridized carbons (Fsp3) is 0.500. The molecule has 0 spiro atoms. The molecule has 2 rings (SSSR count). The van der Waals surface area contributed by atoms with E-state index in [2.05, 4.69) is 13.0 Å². The molecule has 5 nitrogen and oxygen atoms in total. The number of unbranched alkanes of at least 4 members (excludes halogenated alkanes) is 1. The van der Waals surface area contributed by atoms with Crippen molar-refractivity contribution in [3.63, 3.8) is 0 Å². The van der Waals surface area contributed by atoms with E-state index in [4.69, 9.17) is 22.9 Å². The highest BCUT2D eigenvalue weighted by molar-refractivity contribution is 5.60. The molecule has 138 valence electrons. The number of hydrogen-bond acceptors (Lipinski definition) is 5. The molecule has 0 saturated carbocycles. The number of rotatable bonds is 6. The summed E-state index contributed by atoms with van der Waals surface area (Å²) in [7, 11) is 0. The van der Waals surface area contributed by atoms with Crippen LogP contribution in [0, 0.1) is 5.92 Å². The quantitative estimate of drug-likeness (QED) is 0.308. The van der Waals surface area contributed by atoms with Gasteiger partial charge in [-0.2, -0.15) is 0 Å². The van der Waals surface area contributed by atoms with Crippen LogP contribution in [0.4, 0.5) is 5.69 Å². The predicted octanol–water partition coefficient (Wildman–Crippen LogP) is 2.84. The lowest BCUT2D eigenvalue weighted by atomic mass is 9.73. The molecule has 0 bridgehead atoms. The smallest absolute Gasteiger partial charge is 0.121 e. The summed E-state index contributed by atoms with van der Waals surface area (Å²) < 4.78 is 0. The van der Waals surface area contributed by atoms with E-state index in [-0.39, 0.29) is 17.6 Å². The Morgan fingerprint density at radius 2 is 1.96 bits per heavy atom. The second kappa shape index (κ2) is 8.30. The Morgan fingerprint density at radius 3 is 2.56 bits per heavy atom. The average molecular weight is 345 g/mol. The van der Waals surface area contributed by atoms with Gasteiger partial charge in [-0.05, 0) is 81.7 Å². The maximum absolute atomic E-state index is 10.7. The number of benzene rings is 1. The van der Waals surface area contributed by atoms with E-state index in [9.17, 15) is 5.11 Å². The van der Waals surface area contributed by atoms with Crippen LogP contribution in [0.25, 0.3) is 0 Å². The SMILES string of the molecule is CC1=CC(c2c(N)cc(CCCCN)cc2O)C(C(C)=C(N)N)CC1. The number of hydrogen-bond donors (Lipinski definition) is 5. The van der Waals surface area contributed by atoms with E-state index < -0.39 is 0 Å². The molecule has 2 unspecified atom stereocenters. The molecule has 1 aliphatic carbocycles. The Kier molecular flexibility index (Phi) is 6.37. The zero-order valence-electron chi connectivity index (χ0n) is 15.4.